The molecule has 1 aromatic heterocycles. The number of aromatic nitrogens is 1. The summed E-state index contributed by atoms with van der Waals surface area (Å²) in [6.07, 6.45) is 1.39. The van der Waals surface area contributed by atoms with Crippen LogP contribution < -0.4 is 10.5 Å². The molecule has 1 heterocycles. The lowest BCUT2D eigenvalue weighted by Crippen LogP contribution is -2.16. The Kier molecular flexibility index (Phi) is 3.84. The molecule has 100 valence electrons. The van der Waals surface area contributed by atoms with Crippen molar-refractivity contribution in [1.82, 2.24) is 4.98 Å². The smallest absolute Gasteiger partial charge is 0.266 e. The molecule has 0 aliphatic carbocycles. The normalized spacial score (nSPS) is 11.3. The summed E-state index contributed by atoms with van der Waals surface area (Å²) < 4.78 is 26.7. The Hall–Kier alpha value is -1.50. The van der Waals surface area contributed by atoms with Gasteiger partial charge in [-0.15, -0.1) is 0 Å². The second-order valence-corrected chi connectivity index (χ2v) is 6.09. The molecule has 8 heteroatoms. The monoisotopic (exact) mass is 317 g/mol. The molecule has 0 amide bonds. The first-order valence-corrected chi connectivity index (χ1v) is 7.32. The molecule has 0 radical (unpaired) electrons. The first-order valence-electron chi connectivity index (χ1n) is 5.08. The maximum atomic E-state index is 12.2. The lowest BCUT2D eigenvalue weighted by Gasteiger charge is -2.10. The number of hydrogen-bond donors (Lipinski definition) is 2. The van der Waals surface area contributed by atoms with Gasteiger partial charge in [0.2, 0.25) is 0 Å². The fourth-order valence-corrected chi connectivity index (χ4v) is 3.30. The number of nitrogens with two attached hydrogens (primary N) is 1. The van der Waals surface area contributed by atoms with Crippen LogP contribution >= 0.6 is 23.2 Å². The summed E-state index contributed by atoms with van der Waals surface area (Å²) in [7, 11) is -3.92. The highest BCUT2D eigenvalue weighted by atomic mass is 35.5. The number of nitrogens with one attached hydrogen (secondary N) is 1. The largest absolute Gasteiger partial charge is 0.398 e. The van der Waals surface area contributed by atoms with Crippen LogP contribution in [0.2, 0.25) is 10.0 Å². The fraction of sp³-hybridized carbons (Fsp3) is 0. The Morgan fingerprint density at radius 3 is 2.58 bits per heavy atom. The van der Waals surface area contributed by atoms with Gasteiger partial charge >= 0.3 is 0 Å². The summed E-state index contributed by atoms with van der Waals surface area (Å²) in [5.74, 6) is 0.0896. The van der Waals surface area contributed by atoms with Gasteiger partial charge in [0.15, 0.2) is 0 Å². The summed E-state index contributed by atoms with van der Waals surface area (Å²) in [6, 6.07) is 7.37. The van der Waals surface area contributed by atoms with Gasteiger partial charge in [-0.1, -0.05) is 29.3 Å². The molecule has 0 fully saturated rings. The van der Waals surface area contributed by atoms with E-state index in [1.807, 2.05) is 0 Å². The van der Waals surface area contributed by atoms with E-state index in [0.29, 0.717) is 5.02 Å². The van der Waals surface area contributed by atoms with Crippen molar-refractivity contribution >= 4 is 44.7 Å². The van der Waals surface area contributed by atoms with Crippen molar-refractivity contribution in [3.63, 3.8) is 0 Å². The Morgan fingerprint density at radius 1 is 1.21 bits per heavy atom. The zero-order chi connectivity index (χ0) is 14.0. The Balaban J connectivity index is 2.44. The van der Waals surface area contributed by atoms with E-state index >= 15 is 0 Å². The van der Waals surface area contributed by atoms with E-state index in [1.165, 1.54) is 30.5 Å². The summed E-state index contributed by atoms with van der Waals surface area (Å²) in [6.45, 7) is 0. The topological polar surface area (TPSA) is 85.1 Å². The number of rotatable bonds is 3. The van der Waals surface area contributed by atoms with Gasteiger partial charge in [0, 0.05) is 17.3 Å². The predicted molar refractivity (Wildman–Crippen MR) is 75.9 cm³/mol. The summed E-state index contributed by atoms with van der Waals surface area (Å²) in [5, 5.41) is 0.398. The van der Waals surface area contributed by atoms with E-state index in [1.54, 1.807) is 6.07 Å². The van der Waals surface area contributed by atoms with Crippen molar-refractivity contribution in [2.75, 3.05) is 10.5 Å². The maximum absolute atomic E-state index is 12.2. The SMILES string of the molecule is Nc1cccc(Cl)c1S(=O)(=O)Nc1cc(Cl)ccn1. The third kappa shape index (κ3) is 3.09. The number of nitrogen functional groups attached to an aromatic ring is 1. The molecule has 0 spiro atoms. The first kappa shape index (κ1) is 13.9. The van der Waals surface area contributed by atoms with Crippen LogP contribution in [-0.2, 0) is 10.0 Å². The number of anilines is 2. The molecule has 0 atom stereocenters. The van der Waals surface area contributed by atoms with E-state index < -0.39 is 10.0 Å². The zero-order valence-corrected chi connectivity index (χ0v) is 11.8. The number of hydrogen-bond acceptors (Lipinski definition) is 4. The molecule has 19 heavy (non-hydrogen) atoms. The van der Waals surface area contributed by atoms with Crippen LogP contribution in [0.25, 0.3) is 0 Å². The predicted octanol–water partition coefficient (Wildman–Crippen LogP) is 2.77. The van der Waals surface area contributed by atoms with Crippen LogP contribution in [-0.4, -0.2) is 13.4 Å². The van der Waals surface area contributed by atoms with Gasteiger partial charge in [-0.2, -0.15) is 0 Å². The molecule has 0 unspecified atom stereocenters. The molecule has 0 aliphatic heterocycles. The first-order chi connectivity index (χ1) is 8.90. The van der Waals surface area contributed by atoms with Crippen LogP contribution in [0.1, 0.15) is 0 Å². The number of benzene rings is 1. The maximum Gasteiger partial charge on any atom is 0.266 e. The van der Waals surface area contributed by atoms with Crippen LogP contribution in [0.3, 0.4) is 0 Å². The third-order valence-electron chi connectivity index (χ3n) is 2.23. The molecule has 2 aromatic rings. The summed E-state index contributed by atoms with van der Waals surface area (Å²) in [4.78, 5) is 3.67. The van der Waals surface area contributed by atoms with E-state index in [-0.39, 0.29) is 21.4 Å². The lowest BCUT2D eigenvalue weighted by atomic mass is 10.3. The lowest BCUT2D eigenvalue weighted by molar-refractivity contribution is 0.601. The van der Waals surface area contributed by atoms with Gasteiger partial charge in [0.1, 0.15) is 10.7 Å². The Bertz CT molecular complexity index is 699. The van der Waals surface area contributed by atoms with Crippen molar-refractivity contribution in [3.8, 4) is 0 Å². The quantitative estimate of drug-likeness (QED) is 0.852. The third-order valence-corrected chi connectivity index (χ3v) is 4.36. The number of pyridine rings is 1. The standard InChI is InChI=1S/C11H9Cl2N3O2S/c12-7-4-5-15-10(6-7)16-19(17,18)11-8(13)2-1-3-9(11)14/h1-6H,14H2,(H,15,16). The number of nitrogens with zero attached hydrogens (tertiary/aromatic N) is 1. The van der Waals surface area contributed by atoms with Gasteiger partial charge in [0.25, 0.3) is 10.0 Å². The molecule has 0 bridgehead atoms. The van der Waals surface area contributed by atoms with Crippen molar-refractivity contribution in [2.24, 2.45) is 0 Å². The minimum Gasteiger partial charge on any atom is -0.398 e. The average molecular weight is 318 g/mol. The van der Waals surface area contributed by atoms with E-state index in [9.17, 15) is 8.42 Å². The summed E-state index contributed by atoms with van der Waals surface area (Å²) in [5.41, 5.74) is 5.70. The van der Waals surface area contributed by atoms with Crippen molar-refractivity contribution in [3.05, 3.63) is 46.6 Å². The molecule has 0 saturated carbocycles. The van der Waals surface area contributed by atoms with Gasteiger partial charge in [-0.25, -0.2) is 13.4 Å². The van der Waals surface area contributed by atoms with E-state index in [2.05, 4.69) is 9.71 Å². The minimum atomic E-state index is -3.92. The molecular formula is C11H9Cl2N3O2S. The Labute approximate surface area is 120 Å². The van der Waals surface area contributed by atoms with Crippen LogP contribution in [0.4, 0.5) is 11.5 Å². The zero-order valence-electron chi connectivity index (χ0n) is 9.47. The number of halogens is 2. The molecule has 5 nitrogen and oxygen atoms in total. The van der Waals surface area contributed by atoms with E-state index in [0.717, 1.165) is 0 Å². The van der Waals surface area contributed by atoms with Crippen LogP contribution in [0.15, 0.2) is 41.4 Å². The highest BCUT2D eigenvalue weighted by Crippen LogP contribution is 2.28. The fourth-order valence-electron chi connectivity index (χ4n) is 1.46. The highest BCUT2D eigenvalue weighted by Gasteiger charge is 2.21. The van der Waals surface area contributed by atoms with Gasteiger partial charge < -0.3 is 5.73 Å². The average Bonchev–Trinajstić information content (AvgIpc) is 2.27. The molecule has 0 aliphatic rings. The summed E-state index contributed by atoms with van der Waals surface area (Å²) >= 11 is 11.6. The molecular weight excluding hydrogens is 309 g/mol. The van der Waals surface area contributed by atoms with Gasteiger partial charge in [-0.05, 0) is 18.2 Å². The molecule has 0 saturated heterocycles. The second kappa shape index (κ2) is 5.24. The molecule has 1 aromatic carbocycles. The van der Waals surface area contributed by atoms with E-state index in [4.69, 9.17) is 28.9 Å². The molecule has 2 rings (SSSR count). The number of sulfonamides is 1. The Morgan fingerprint density at radius 2 is 1.95 bits per heavy atom. The molecule has 3 N–H and O–H groups in total. The van der Waals surface area contributed by atoms with Gasteiger partial charge in [0.05, 0.1) is 10.7 Å². The van der Waals surface area contributed by atoms with Crippen LogP contribution in [0, 0.1) is 0 Å². The highest BCUT2D eigenvalue weighted by molar-refractivity contribution is 7.93. The van der Waals surface area contributed by atoms with Crippen molar-refractivity contribution in [1.29, 1.82) is 0 Å². The van der Waals surface area contributed by atoms with Gasteiger partial charge in [-0.3, -0.25) is 4.72 Å². The van der Waals surface area contributed by atoms with Crippen molar-refractivity contribution < 1.29 is 8.42 Å². The second-order valence-electron chi connectivity index (χ2n) is 3.62. The van der Waals surface area contributed by atoms with Crippen LogP contribution in [0.5, 0.6) is 0 Å². The van der Waals surface area contributed by atoms with Crippen molar-refractivity contribution in [2.45, 2.75) is 4.90 Å². The minimum absolute atomic E-state index is 0.0366.